The van der Waals surface area contributed by atoms with Crippen LogP contribution < -0.4 is 5.32 Å². The van der Waals surface area contributed by atoms with Crippen molar-refractivity contribution in [2.45, 2.75) is 12.8 Å². The maximum atomic E-state index is 5.38. The van der Waals surface area contributed by atoms with Crippen LogP contribution in [0.3, 0.4) is 0 Å². The molecule has 1 aliphatic heterocycles. The van der Waals surface area contributed by atoms with Gasteiger partial charge < -0.3 is 10.1 Å². The monoisotopic (exact) mass is 189 g/mol. The van der Waals surface area contributed by atoms with E-state index < -0.39 is 0 Å². The summed E-state index contributed by atoms with van der Waals surface area (Å²) in [5.74, 6) is 3.27. The number of halogens is 1. The summed E-state index contributed by atoms with van der Waals surface area (Å²) in [5, 5.41) is 3.29. The fourth-order valence-corrected chi connectivity index (χ4v) is 1.24. The van der Waals surface area contributed by atoms with Crippen LogP contribution in [0.4, 0.5) is 0 Å². The summed E-state index contributed by atoms with van der Waals surface area (Å²) in [6.45, 7) is 3.83. The lowest BCUT2D eigenvalue weighted by molar-refractivity contribution is 0.110. The fraction of sp³-hybridized carbons (Fsp3) is 0.778. The quantitative estimate of drug-likeness (QED) is 0.528. The van der Waals surface area contributed by atoms with Crippen molar-refractivity contribution in [1.29, 1.82) is 0 Å². The van der Waals surface area contributed by atoms with Gasteiger partial charge >= 0.3 is 0 Å². The van der Waals surface area contributed by atoms with Gasteiger partial charge in [-0.3, -0.25) is 0 Å². The van der Waals surface area contributed by atoms with Gasteiger partial charge in [0.25, 0.3) is 0 Å². The van der Waals surface area contributed by atoms with Gasteiger partial charge in [-0.15, -0.1) is 24.8 Å². The second-order valence-electron chi connectivity index (χ2n) is 2.89. The zero-order chi connectivity index (χ0) is 7.94. The van der Waals surface area contributed by atoms with Crippen LogP contribution in [0.2, 0.25) is 0 Å². The molecule has 1 saturated heterocycles. The molecule has 1 rings (SSSR count). The van der Waals surface area contributed by atoms with Gasteiger partial charge in [0.15, 0.2) is 0 Å². The highest BCUT2D eigenvalue weighted by Gasteiger charge is 2.13. The molecule has 0 aromatic carbocycles. The van der Waals surface area contributed by atoms with Gasteiger partial charge in [-0.05, 0) is 18.9 Å². The van der Waals surface area contributed by atoms with Gasteiger partial charge in [-0.25, -0.2) is 0 Å². The molecule has 0 radical (unpaired) electrons. The van der Waals surface area contributed by atoms with Crippen LogP contribution >= 0.6 is 12.4 Å². The van der Waals surface area contributed by atoms with Crippen LogP contribution in [-0.4, -0.2) is 26.3 Å². The summed E-state index contributed by atoms with van der Waals surface area (Å²) < 4.78 is 5.38. The van der Waals surface area contributed by atoms with Gasteiger partial charge in [0.1, 0.15) is 0 Å². The molecule has 1 unspecified atom stereocenters. The number of nitrogens with one attached hydrogen (secondary N) is 1. The Bertz CT molecular complexity index is 138. The number of hydrogen-bond donors (Lipinski definition) is 1. The number of ether oxygens (including phenoxy) is 1. The maximum Gasteiger partial charge on any atom is 0.0575 e. The van der Waals surface area contributed by atoms with Crippen molar-refractivity contribution in [3.8, 4) is 12.3 Å². The first-order valence-electron chi connectivity index (χ1n) is 4.15. The van der Waals surface area contributed by atoms with E-state index in [4.69, 9.17) is 11.2 Å². The van der Waals surface area contributed by atoms with E-state index in [-0.39, 0.29) is 12.4 Å². The molecule has 0 aliphatic carbocycles. The zero-order valence-electron chi connectivity index (χ0n) is 7.21. The van der Waals surface area contributed by atoms with Crippen molar-refractivity contribution in [1.82, 2.24) is 5.32 Å². The van der Waals surface area contributed by atoms with Crippen LogP contribution in [0.1, 0.15) is 12.8 Å². The normalized spacial score (nSPS) is 21.4. The molecule has 0 aromatic heterocycles. The van der Waals surface area contributed by atoms with Crippen LogP contribution in [0.25, 0.3) is 0 Å². The topological polar surface area (TPSA) is 21.3 Å². The maximum absolute atomic E-state index is 5.38. The fourth-order valence-electron chi connectivity index (χ4n) is 1.24. The highest BCUT2D eigenvalue weighted by molar-refractivity contribution is 5.85. The molecule has 1 aliphatic rings. The molecule has 1 fully saturated rings. The van der Waals surface area contributed by atoms with Crippen molar-refractivity contribution in [2.75, 3.05) is 26.3 Å². The van der Waals surface area contributed by atoms with E-state index in [1.165, 1.54) is 6.42 Å². The number of terminal acetylenes is 1. The summed E-state index contributed by atoms with van der Waals surface area (Å²) in [5.41, 5.74) is 0. The molecule has 0 saturated carbocycles. The molecule has 0 spiro atoms. The smallest absolute Gasteiger partial charge is 0.0575 e. The average Bonchev–Trinajstić information content (AvgIpc) is 2.50. The molecular formula is C9H16ClNO. The predicted molar refractivity (Wildman–Crippen MR) is 52.5 cm³/mol. The lowest BCUT2D eigenvalue weighted by atomic mass is 10.1. The SMILES string of the molecule is C#CCCOCC1CCNC1.Cl. The molecule has 0 amide bonds. The van der Waals surface area contributed by atoms with Gasteiger partial charge in [0.2, 0.25) is 0 Å². The molecule has 2 nitrogen and oxygen atoms in total. The summed E-state index contributed by atoms with van der Waals surface area (Å²) in [4.78, 5) is 0. The summed E-state index contributed by atoms with van der Waals surface area (Å²) in [6, 6.07) is 0. The van der Waals surface area contributed by atoms with E-state index in [0.717, 1.165) is 26.1 Å². The first kappa shape index (κ1) is 11.8. The van der Waals surface area contributed by atoms with Crippen molar-refractivity contribution >= 4 is 12.4 Å². The highest BCUT2D eigenvalue weighted by Crippen LogP contribution is 2.07. The lowest BCUT2D eigenvalue weighted by Gasteiger charge is -2.07. The largest absolute Gasteiger partial charge is 0.380 e. The molecule has 0 aromatic rings. The Morgan fingerprint density at radius 1 is 1.58 bits per heavy atom. The van der Waals surface area contributed by atoms with Gasteiger partial charge in [0.05, 0.1) is 13.2 Å². The van der Waals surface area contributed by atoms with Gasteiger partial charge in [-0.1, -0.05) is 0 Å². The molecule has 1 heterocycles. The number of hydrogen-bond acceptors (Lipinski definition) is 2. The minimum absolute atomic E-state index is 0. The van der Waals surface area contributed by atoms with E-state index in [1.54, 1.807) is 0 Å². The van der Waals surface area contributed by atoms with E-state index in [2.05, 4.69) is 11.2 Å². The molecule has 1 N–H and O–H groups in total. The van der Waals surface area contributed by atoms with E-state index in [1.807, 2.05) is 0 Å². The second kappa shape index (κ2) is 7.42. The van der Waals surface area contributed by atoms with Crippen LogP contribution in [0.15, 0.2) is 0 Å². The first-order valence-corrected chi connectivity index (χ1v) is 4.15. The standard InChI is InChI=1S/C9H15NO.ClH/c1-2-3-6-11-8-9-4-5-10-7-9;/h1,9-10H,3-8H2;1H. The molecule has 3 heteroatoms. The van der Waals surface area contributed by atoms with Crippen molar-refractivity contribution in [2.24, 2.45) is 5.92 Å². The zero-order valence-corrected chi connectivity index (χ0v) is 8.03. The summed E-state index contributed by atoms with van der Waals surface area (Å²) in [6.07, 6.45) is 7.06. The third kappa shape index (κ3) is 4.61. The Hall–Kier alpha value is -0.230. The molecular weight excluding hydrogens is 174 g/mol. The lowest BCUT2D eigenvalue weighted by Crippen LogP contribution is -2.14. The summed E-state index contributed by atoms with van der Waals surface area (Å²) >= 11 is 0. The molecule has 1 atom stereocenters. The third-order valence-electron chi connectivity index (χ3n) is 1.91. The Morgan fingerprint density at radius 3 is 3.00 bits per heavy atom. The minimum atomic E-state index is 0. The van der Waals surface area contributed by atoms with Crippen molar-refractivity contribution in [3.63, 3.8) is 0 Å². The minimum Gasteiger partial charge on any atom is -0.380 e. The van der Waals surface area contributed by atoms with E-state index in [0.29, 0.717) is 12.5 Å². The third-order valence-corrected chi connectivity index (χ3v) is 1.91. The Balaban J connectivity index is 0.00000121. The van der Waals surface area contributed by atoms with Gasteiger partial charge in [-0.2, -0.15) is 0 Å². The van der Waals surface area contributed by atoms with E-state index >= 15 is 0 Å². The summed E-state index contributed by atoms with van der Waals surface area (Å²) in [7, 11) is 0. The average molecular weight is 190 g/mol. The Labute approximate surface area is 80.5 Å². The van der Waals surface area contributed by atoms with Gasteiger partial charge in [0, 0.05) is 13.0 Å². The number of rotatable bonds is 4. The van der Waals surface area contributed by atoms with Crippen LogP contribution in [0, 0.1) is 18.3 Å². The van der Waals surface area contributed by atoms with Crippen molar-refractivity contribution in [3.05, 3.63) is 0 Å². The predicted octanol–water partition coefficient (Wildman–Crippen LogP) is 1.06. The van der Waals surface area contributed by atoms with E-state index in [9.17, 15) is 0 Å². The molecule has 70 valence electrons. The molecule has 12 heavy (non-hydrogen) atoms. The van der Waals surface area contributed by atoms with Crippen LogP contribution in [0.5, 0.6) is 0 Å². The Kier molecular flexibility index (Phi) is 7.28. The van der Waals surface area contributed by atoms with Crippen molar-refractivity contribution < 1.29 is 4.74 Å². The first-order chi connectivity index (χ1) is 5.43. The highest BCUT2D eigenvalue weighted by atomic mass is 35.5. The second-order valence-corrected chi connectivity index (χ2v) is 2.89. The Morgan fingerprint density at radius 2 is 2.42 bits per heavy atom. The molecule has 0 bridgehead atoms. The van der Waals surface area contributed by atoms with Crippen LogP contribution in [-0.2, 0) is 4.74 Å².